The molecule has 0 bridgehead atoms. The minimum atomic E-state index is -1.09. The Hall–Kier alpha value is -5.90. The van der Waals surface area contributed by atoms with E-state index in [2.05, 4.69) is 12.1 Å². The van der Waals surface area contributed by atoms with Crippen molar-refractivity contribution in [3.63, 3.8) is 0 Å². The van der Waals surface area contributed by atoms with Gasteiger partial charge in [-0.3, -0.25) is 9.36 Å². The van der Waals surface area contributed by atoms with E-state index in [-0.39, 0.29) is 17.4 Å². The van der Waals surface area contributed by atoms with E-state index in [1.54, 1.807) is 16.3 Å². The first-order valence-corrected chi connectivity index (χ1v) is 18.5. The first-order valence-electron chi connectivity index (χ1n) is 16.9. The Bertz CT molecular complexity index is 2400. The van der Waals surface area contributed by atoms with Crippen LogP contribution in [-0.2, 0) is 25.6 Å². The van der Waals surface area contributed by atoms with Crippen LogP contribution in [0.4, 0.5) is 0 Å². The molecule has 0 aliphatic carbocycles. The Morgan fingerprint density at radius 1 is 0.712 bits per heavy atom. The number of benzene rings is 5. The SMILES string of the molecule is Cn1c(COc2ccc(Cc3sc(=O)n(C(c4ccccc4)(c4ccccc4)c4ccccc4)c3O)cc2)nc2ccc(Sc3ccccc3)nc21. The molecule has 0 atom stereocenters. The second-order valence-electron chi connectivity index (χ2n) is 12.4. The zero-order valence-corrected chi connectivity index (χ0v) is 29.9. The molecule has 0 radical (unpaired) electrons. The van der Waals surface area contributed by atoms with Gasteiger partial charge in [0.1, 0.15) is 34.3 Å². The molecule has 0 spiro atoms. The van der Waals surface area contributed by atoms with Gasteiger partial charge in [-0.15, -0.1) is 0 Å². The summed E-state index contributed by atoms with van der Waals surface area (Å²) in [5.41, 5.74) is 4.09. The topological polar surface area (TPSA) is 82.2 Å². The second-order valence-corrected chi connectivity index (χ2v) is 14.5. The van der Waals surface area contributed by atoms with Gasteiger partial charge in [-0.2, -0.15) is 0 Å². The Morgan fingerprint density at radius 2 is 1.27 bits per heavy atom. The molecule has 3 heterocycles. The van der Waals surface area contributed by atoms with Crippen LogP contribution >= 0.6 is 23.1 Å². The molecule has 52 heavy (non-hydrogen) atoms. The highest BCUT2D eigenvalue weighted by Crippen LogP contribution is 2.43. The number of fused-ring (bicyclic) bond motifs is 1. The largest absolute Gasteiger partial charge is 0.494 e. The molecule has 0 aliphatic rings. The number of aromatic hydroxyl groups is 1. The lowest BCUT2D eigenvalue weighted by Crippen LogP contribution is -2.42. The van der Waals surface area contributed by atoms with Gasteiger partial charge in [0, 0.05) is 18.4 Å². The van der Waals surface area contributed by atoms with Gasteiger partial charge in [-0.25, -0.2) is 9.97 Å². The predicted octanol–water partition coefficient (Wildman–Crippen LogP) is 9.06. The van der Waals surface area contributed by atoms with Crippen LogP contribution in [-0.4, -0.2) is 24.2 Å². The Labute approximate surface area is 309 Å². The summed E-state index contributed by atoms with van der Waals surface area (Å²) in [5, 5.41) is 12.9. The fourth-order valence-corrected chi connectivity index (χ4v) is 8.42. The van der Waals surface area contributed by atoms with Crippen LogP contribution in [0.3, 0.4) is 0 Å². The van der Waals surface area contributed by atoms with E-state index in [0.29, 0.717) is 17.0 Å². The third-order valence-corrected chi connectivity index (χ3v) is 11.0. The highest BCUT2D eigenvalue weighted by Gasteiger charge is 2.42. The van der Waals surface area contributed by atoms with Gasteiger partial charge in [-0.1, -0.05) is 144 Å². The molecule has 8 rings (SSSR count). The number of ether oxygens (including phenoxy) is 1. The van der Waals surface area contributed by atoms with E-state index in [1.807, 2.05) is 157 Å². The van der Waals surface area contributed by atoms with Crippen molar-refractivity contribution in [2.45, 2.75) is 28.5 Å². The molecule has 8 aromatic rings. The molecule has 3 aromatic heterocycles. The van der Waals surface area contributed by atoms with Crippen LogP contribution in [0.2, 0.25) is 0 Å². The zero-order chi connectivity index (χ0) is 35.5. The maximum absolute atomic E-state index is 14.1. The van der Waals surface area contributed by atoms with Gasteiger partial charge >= 0.3 is 4.87 Å². The monoisotopic (exact) mass is 718 g/mol. The molecule has 5 aromatic carbocycles. The standard InChI is InChI=1S/C43H34N4O3S2/c1-46-38(44-36-26-27-39(45-40(36)46)51-35-20-12-5-13-21-35)29-50-34-24-22-30(23-25-34)28-37-41(48)47(42(49)52-37)43(31-14-6-2-7-15-31,32-16-8-3-9-17-32)33-18-10-4-11-19-33/h2-27,48H,28-29H2,1H3. The third kappa shape index (κ3) is 6.29. The summed E-state index contributed by atoms with van der Waals surface area (Å²) in [6.45, 7) is 0.277. The first kappa shape index (κ1) is 33.3. The molecule has 7 nitrogen and oxygen atoms in total. The van der Waals surface area contributed by atoms with E-state index < -0.39 is 5.54 Å². The number of pyridine rings is 1. The smallest absolute Gasteiger partial charge is 0.311 e. The normalized spacial score (nSPS) is 11.6. The summed E-state index contributed by atoms with van der Waals surface area (Å²) >= 11 is 2.69. The lowest BCUT2D eigenvalue weighted by Gasteiger charge is -2.37. The van der Waals surface area contributed by atoms with Crippen molar-refractivity contribution in [2.75, 3.05) is 0 Å². The van der Waals surface area contributed by atoms with Crippen LogP contribution in [0.1, 0.15) is 33.0 Å². The lowest BCUT2D eigenvalue weighted by molar-refractivity contribution is 0.292. The van der Waals surface area contributed by atoms with Gasteiger partial charge in [0.25, 0.3) is 0 Å². The molecule has 1 N–H and O–H groups in total. The summed E-state index contributed by atoms with van der Waals surface area (Å²) in [6, 6.07) is 51.6. The summed E-state index contributed by atoms with van der Waals surface area (Å²) < 4.78 is 9.68. The maximum Gasteiger partial charge on any atom is 0.311 e. The highest BCUT2D eigenvalue weighted by molar-refractivity contribution is 7.99. The zero-order valence-electron chi connectivity index (χ0n) is 28.3. The Morgan fingerprint density at radius 3 is 1.85 bits per heavy atom. The van der Waals surface area contributed by atoms with Crippen molar-refractivity contribution in [1.82, 2.24) is 19.1 Å². The number of rotatable bonds is 11. The first-order chi connectivity index (χ1) is 25.5. The summed E-state index contributed by atoms with van der Waals surface area (Å²) in [7, 11) is 1.95. The lowest BCUT2D eigenvalue weighted by atomic mass is 9.76. The quantitative estimate of drug-likeness (QED) is 0.135. The van der Waals surface area contributed by atoms with Crippen molar-refractivity contribution in [3.05, 3.63) is 200 Å². The number of aromatic nitrogens is 4. The molecule has 0 aliphatic heterocycles. The van der Waals surface area contributed by atoms with Gasteiger partial charge in [0.2, 0.25) is 5.88 Å². The fraction of sp³-hybridized carbons (Fsp3) is 0.0930. The second kappa shape index (κ2) is 14.4. The maximum atomic E-state index is 14.1. The number of hydrogen-bond donors (Lipinski definition) is 1. The van der Waals surface area contributed by atoms with Crippen LogP contribution in [0.25, 0.3) is 11.2 Å². The molecule has 0 amide bonds. The van der Waals surface area contributed by atoms with E-state index in [9.17, 15) is 9.90 Å². The van der Waals surface area contributed by atoms with Crippen molar-refractivity contribution >= 4 is 34.3 Å². The average molecular weight is 719 g/mol. The van der Waals surface area contributed by atoms with Gasteiger partial charge in [0.05, 0.1) is 4.88 Å². The molecular weight excluding hydrogens is 685 g/mol. The minimum Gasteiger partial charge on any atom is -0.494 e. The third-order valence-electron chi connectivity index (χ3n) is 9.17. The van der Waals surface area contributed by atoms with Crippen LogP contribution < -0.4 is 9.61 Å². The molecular formula is C43H34N4O3S2. The van der Waals surface area contributed by atoms with Gasteiger partial charge < -0.3 is 14.4 Å². The minimum absolute atomic E-state index is 0.0485. The van der Waals surface area contributed by atoms with Gasteiger partial charge in [0.15, 0.2) is 5.65 Å². The Kier molecular flexibility index (Phi) is 9.20. The number of imidazole rings is 1. The number of nitrogens with zero attached hydrogens (tertiary/aromatic N) is 4. The molecule has 0 unspecified atom stereocenters. The molecule has 256 valence electrons. The Balaban J connectivity index is 1.05. The van der Waals surface area contributed by atoms with Crippen LogP contribution in [0.5, 0.6) is 11.6 Å². The van der Waals surface area contributed by atoms with E-state index in [1.165, 1.54) is 0 Å². The molecule has 0 saturated heterocycles. The summed E-state index contributed by atoms with van der Waals surface area (Å²) in [6.07, 6.45) is 0.382. The molecule has 0 saturated carbocycles. The van der Waals surface area contributed by atoms with Crippen molar-refractivity contribution < 1.29 is 9.84 Å². The van der Waals surface area contributed by atoms with E-state index in [0.717, 1.165) is 60.5 Å². The summed E-state index contributed by atoms with van der Waals surface area (Å²) in [5.74, 6) is 1.41. The van der Waals surface area contributed by atoms with Crippen LogP contribution in [0, 0.1) is 0 Å². The van der Waals surface area contributed by atoms with Crippen molar-refractivity contribution in [2.24, 2.45) is 7.05 Å². The average Bonchev–Trinajstić information content (AvgIpc) is 3.66. The number of hydrogen-bond acceptors (Lipinski definition) is 7. The van der Waals surface area contributed by atoms with E-state index in [4.69, 9.17) is 14.7 Å². The molecule has 9 heteroatoms. The molecule has 0 fully saturated rings. The van der Waals surface area contributed by atoms with Crippen LogP contribution in [0.15, 0.2) is 172 Å². The van der Waals surface area contributed by atoms with Crippen molar-refractivity contribution in [1.29, 1.82) is 0 Å². The number of aryl methyl sites for hydroxylation is 1. The van der Waals surface area contributed by atoms with E-state index >= 15 is 0 Å². The highest BCUT2D eigenvalue weighted by atomic mass is 32.2. The fourth-order valence-electron chi connectivity index (χ4n) is 6.67. The van der Waals surface area contributed by atoms with Gasteiger partial charge in [-0.05, 0) is 58.7 Å². The van der Waals surface area contributed by atoms with Crippen molar-refractivity contribution in [3.8, 4) is 11.6 Å². The summed E-state index contributed by atoms with van der Waals surface area (Å²) in [4.78, 5) is 25.2. The predicted molar refractivity (Wildman–Crippen MR) is 208 cm³/mol. The number of thiazole rings is 1.